The molecule has 2 aromatic carbocycles. The summed E-state index contributed by atoms with van der Waals surface area (Å²) in [5.41, 5.74) is 1.73. The van der Waals surface area contributed by atoms with Crippen LogP contribution in [0.2, 0.25) is 0 Å². The Morgan fingerprint density at radius 2 is 1.90 bits per heavy atom. The van der Waals surface area contributed by atoms with Crippen LogP contribution in [0.5, 0.6) is 11.5 Å². The van der Waals surface area contributed by atoms with Gasteiger partial charge in [-0.25, -0.2) is 4.98 Å². The van der Waals surface area contributed by atoms with Gasteiger partial charge >= 0.3 is 0 Å². The minimum absolute atomic E-state index is 0.229. The molecule has 4 rings (SSSR count). The minimum atomic E-state index is -0.657. The number of aromatic hydroxyl groups is 1. The van der Waals surface area contributed by atoms with E-state index in [-0.39, 0.29) is 23.5 Å². The quantitative estimate of drug-likeness (QED) is 0.522. The Labute approximate surface area is 178 Å². The first-order valence-electron chi connectivity index (χ1n) is 9.70. The summed E-state index contributed by atoms with van der Waals surface area (Å²) >= 11 is 0. The first-order chi connectivity index (χ1) is 15.0. The number of hydrogen-bond acceptors (Lipinski definition) is 5. The highest BCUT2D eigenvalue weighted by atomic mass is 16.5. The fourth-order valence-corrected chi connectivity index (χ4v) is 3.47. The van der Waals surface area contributed by atoms with Crippen LogP contribution in [-0.2, 0) is 6.54 Å². The first kappa shape index (κ1) is 20.2. The molecule has 0 atom stereocenters. The first-order valence-corrected chi connectivity index (χ1v) is 9.70. The number of nitrogens with zero attached hydrogens (tertiary/aromatic N) is 2. The summed E-state index contributed by atoms with van der Waals surface area (Å²) in [4.78, 5) is 30.5. The Bertz CT molecular complexity index is 1330. The second-order valence-corrected chi connectivity index (χ2v) is 7.11. The van der Waals surface area contributed by atoms with Crippen molar-refractivity contribution in [3.63, 3.8) is 0 Å². The van der Waals surface area contributed by atoms with Gasteiger partial charge in [0, 0.05) is 12.7 Å². The summed E-state index contributed by atoms with van der Waals surface area (Å²) in [6.45, 7) is 2.19. The highest BCUT2D eigenvalue weighted by Gasteiger charge is 2.23. The van der Waals surface area contributed by atoms with Crippen molar-refractivity contribution in [1.29, 1.82) is 0 Å². The maximum Gasteiger partial charge on any atom is 0.273 e. The van der Waals surface area contributed by atoms with Gasteiger partial charge in [-0.05, 0) is 48.9 Å². The van der Waals surface area contributed by atoms with E-state index >= 15 is 0 Å². The number of carbonyl (C=O) groups excluding carboxylic acids is 1. The summed E-state index contributed by atoms with van der Waals surface area (Å²) in [5, 5.41) is 13.8. The van der Waals surface area contributed by atoms with Crippen LogP contribution < -0.4 is 15.6 Å². The Balaban J connectivity index is 1.81. The minimum Gasteiger partial charge on any atom is -0.506 e. The molecule has 2 heterocycles. The lowest BCUT2D eigenvalue weighted by molar-refractivity contribution is 0.0946. The number of nitrogens with one attached hydrogen (secondary N) is 1. The standard InChI is InChI=1S/C24H21N3O4/c1-15-5-3-6-16(13-15)14-26-23(29)20-21(28)19-7-4-12-25-22(19)27(24(20)30)17-8-10-18(31-2)11-9-17/h3-13,28H,14H2,1-2H3,(H,26,29). The summed E-state index contributed by atoms with van der Waals surface area (Å²) in [6, 6.07) is 17.7. The van der Waals surface area contributed by atoms with Crippen LogP contribution in [-0.4, -0.2) is 27.7 Å². The largest absolute Gasteiger partial charge is 0.506 e. The molecule has 0 aliphatic carbocycles. The molecule has 7 heteroatoms. The number of benzene rings is 2. The second kappa shape index (κ2) is 8.31. The van der Waals surface area contributed by atoms with E-state index in [0.717, 1.165) is 11.1 Å². The zero-order chi connectivity index (χ0) is 22.0. The third-order valence-electron chi connectivity index (χ3n) is 5.00. The molecule has 0 aliphatic rings. The van der Waals surface area contributed by atoms with Crippen LogP contribution in [0.25, 0.3) is 16.7 Å². The molecule has 7 nitrogen and oxygen atoms in total. The van der Waals surface area contributed by atoms with E-state index in [2.05, 4.69) is 10.3 Å². The maximum absolute atomic E-state index is 13.3. The Morgan fingerprint density at radius 3 is 2.61 bits per heavy atom. The molecule has 2 aromatic heterocycles. The lowest BCUT2D eigenvalue weighted by atomic mass is 10.1. The number of pyridine rings is 2. The molecule has 0 spiro atoms. The Morgan fingerprint density at radius 1 is 1.13 bits per heavy atom. The van der Waals surface area contributed by atoms with Gasteiger partial charge in [-0.3, -0.25) is 14.2 Å². The molecular weight excluding hydrogens is 394 g/mol. The maximum atomic E-state index is 13.3. The third kappa shape index (κ3) is 3.85. The molecule has 31 heavy (non-hydrogen) atoms. The summed E-state index contributed by atoms with van der Waals surface area (Å²) in [6.07, 6.45) is 1.53. The highest BCUT2D eigenvalue weighted by molar-refractivity contribution is 6.02. The molecule has 156 valence electrons. The van der Waals surface area contributed by atoms with Gasteiger partial charge in [0.2, 0.25) is 0 Å². The van der Waals surface area contributed by atoms with Crippen molar-refractivity contribution in [2.45, 2.75) is 13.5 Å². The zero-order valence-electron chi connectivity index (χ0n) is 17.1. The molecule has 0 saturated carbocycles. The fourth-order valence-electron chi connectivity index (χ4n) is 3.47. The highest BCUT2D eigenvalue weighted by Crippen LogP contribution is 2.27. The van der Waals surface area contributed by atoms with Gasteiger partial charge in [-0.15, -0.1) is 0 Å². The second-order valence-electron chi connectivity index (χ2n) is 7.11. The molecule has 0 bridgehead atoms. The number of ether oxygens (including phenoxy) is 1. The monoisotopic (exact) mass is 415 g/mol. The number of amides is 1. The van der Waals surface area contributed by atoms with Crippen LogP contribution in [0.1, 0.15) is 21.5 Å². The van der Waals surface area contributed by atoms with E-state index < -0.39 is 11.5 Å². The van der Waals surface area contributed by atoms with E-state index in [1.54, 1.807) is 43.5 Å². The van der Waals surface area contributed by atoms with Crippen LogP contribution in [0.15, 0.2) is 71.7 Å². The number of carbonyl (C=O) groups is 1. The number of rotatable bonds is 5. The predicted octanol–water partition coefficient (Wildman–Crippen LogP) is 3.34. The number of aromatic nitrogens is 2. The summed E-state index contributed by atoms with van der Waals surface area (Å²) in [7, 11) is 1.55. The van der Waals surface area contributed by atoms with Crippen LogP contribution in [0, 0.1) is 6.92 Å². The average Bonchev–Trinajstić information content (AvgIpc) is 2.78. The molecule has 0 aliphatic heterocycles. The molecule has 0 unspecified atom stereocenters. The predicted molar refractivity (Wildman–Crippen MR) is 118 cm³/mol. The van der Waals surface area contributed by atoms with Crippen molar-refractivity contribution in [3.8, 4) is 17.2 Å². The van der Waals surface area contributed by atoms with Crippen LogP contribution in [0.4, 0.5) is 0 Å². The normalized spacial score (nSPS) is 10.8. The van der Waals surface area contributed by atoms with Crippen molar-refractivity contribution in [1.82, 2.24) is 14.9 Å². The molecule has 1 amide bonds. The SMILES string of the molecule is COc1ccc(-n2c(=O)c(C(=O)NCc3cccc(C)c3)c(O)c3cccnc32)cc1. The van der Waals surface area contributed by atoms with Crippen molar-refractivity contribution in [2.24, 2.45) is 0 Å². The van der Waals surface area contributed by atoms with E-state index in [1.165, 1.54) is 10.8 Å². The Hall–Kier alpha value is -4.13. The van der Waals surface area contributed by atoms with Crippen molar-refractivity contribution in [2.75, 3.05) is 7.11 Å². The van der Waals surface area contributed by atoms with Gasteiger partial charge in [0.15, 0.2) is 5.65 Å². The topological polar surface area (TPSA) is 93.5 Å². The van der Waals surface area contributed by atoms with Crippen molar-refractivity contribution >= 4 is 16.9 Å². The molecule has 0 fully saturated rings. The summed E-state index contributed by atoms with van der Waals surface area (Å²) in [5.74, 6) is -0.416. The van der Waals surface area contributed by atoms with E-state index in [1.807, 2.05) is 31.2 Å². The average molecular weight is 415 g/mol. The molecule has 2 N–H and O–H groups in total. The summed E-state index contributed by atoms with van der Waals surface area (Å²) < 4.78 is 6.49. The lowest BCUT2D eigenvalue weighted by Gasteiger charge is -2.14. The van der Waals surface area contributed by atoms with Crippen LogP contribution >= 0.6 is 0 Å². The molecular formula is C24H21N3O4. The van der Waals surface area contributed by atoms with E-state index in [0.29, 0.717) is 16.8 Å². The van der Waals surface area contributed by atoms with Crippen LogP contribution in [0.3, 0.4) is 0 Å². The Kier molecular flexibility index (Phi) is 5.41. The van der Waals surface area contributed by atoms with Gasteiger partial charge in [0.1, 0.15) is 17.1 Å². The van der Waals surface area contributed by atoms with Gasteiger partial charge in [-0.2, -0.15) is 0 Å². The van der Waals surface area contributed by atoms with Gasteiger partial charge < -0.3 is 15.2 Å². The number of methoxy groups -OCH3 is 1. The number of hydrogen-bond donors (Lipinski definition) is 2. The third-order valence-corrected chi connectivity index (χ3v) is 5.00. The van der Waals surface area contributed by atoms with Gasteiger partial charge in [0.05, 0.1) is 18.2 Å². The number of aryl methyl sites for hydroxylation is 1. The van der Waals surface area contributed by atoms with Gasteiger partial charge in [0.25, 0.3) is 11.5 Å². The fraction of sp³-hybridized carbons (Fsp3) is 0.125. The van der Waals surface area contributed by atoms with Crippen molar-refractivity contribution < 1.29 is 14.6 Å². The molecule has 4 aromatic rings. The number of fused-ring (bicyclic) bond motifs is 1. The van der Waals surface area contributed by atoms with E-state index in [9.17, 15) is 14.7 Å². The zero-order valence-corrected chi connectivity index (χ0v) is 17.1. The van der Waals surface area contributed by atoms with Crippen molar-refractivity contribution in [3.05, 3.63) is 93.9 Å². The smallest absolute Gasteiger partial charge is 0.273 e. The molecule has 0 saturated heterocycles. The molecule has 0 radical (unpaired) electrons. The van der Waals surface area contributed by atoms with Gasteiger partial charge in [-0.1, -0.05) is 29.8 Å². The lowest BCUT2D eigenvalue weighted by Crippen LogP contribution is -2.33. The van der Waals surface area contributed by atoms with E-state index in [4.69, 9.17) is 4.74 Å².